The number of halogens is 2. The first-order valence-electron chi connectivity index (χ1n) is 9.00. The van der Waals surface area contributed by atoms with Gasteiger partial charge in [0.05, 0.1) is 12.6 Å². The van der Waals surface area contributed by atoms with E-state index in [1.54, 1.807) is 0 Å². The molecule has 1 aliphatic rings. The summed E-state index contributed by atoms with van der Waals surface area (Å²) in [7, 11) is 0. The summed E-state index contributed by atoms with van der Waals surface area (Å²) in [4.78, 5) is 4.46. The molecule has 0 aromatic heterocycles. The monoisotopic (exact) mass is 363 g/mol. The third-order valence-electron chi connectivity index (χ3n) is 4.70. The fraction of sp³-hybridized carbons (Fsp3) is 0.174. The number of ether oxygens (including phenoxy) is 1. The molecule has 0 saturated heterocycles. The zero-order chi connectivity index (χ0) is 18.6. The summed E-state index contributed by atoms with van der Waals surface area (Å²) in [5, 5.41) is 0. The molecule has 0 aliphatic carbocycles. The van der Waals surface area contributed by atoms with Crippen molar-refractivity contribution >= 4 is 5.90 Å². The van der Waals surface area contributed by atoms with Gasteiger partial charge in [-0.3, -0.25) is 0 Å². The molecule has 4 heteroatoms. The highest BCUT2D eigenvalue weighted by Gasteiger charge is 2.23. The molecule has 4 rings (SSSR count). The molecule has 1 aliphatic heterocycles. The Labute approximate surface area is 157 Å². The lowest BCUT2D eigenvalue weighted by Gasteiger charge is -2.22. The highest BCUT2D eigenvalue weighted by atomic mass is 19.1. The van der Waals surface area contributed by atoms with Gasteiger partial charge in [-0.2, -0.15) is 0 Å². The summed E-state index contributed by atoms with van der Waals surface area (Å²) in [6.45, 7) is 0.402. The highest BCUT2D eigenvalue weighted by Crippen LogP contribution is 2.23. The number of nitrogens with zero attached hydrogens (tertiary/aromatic N) is 1. The van der Waals surface area contributed by atoms with Gasteiger partial charge in [-0.05, 0) is 35.2 Å². The van der Waals surface area contributed by atoms with Crippen LogP contribution in [0.5, 0.6) is 0 Å². The van der Waals surface area contributed by atoms with E-state index in [2.05, 4.69) is 41.4 Å². The zero-order valence-electron chi connectivity index (χ0n) is 14.7. The van der Waals surface area contributed by atoms with Crippen LogP contribution in [0.2, 0.25) is 0 Å². The molecule has 0 saturated carbocycles. The van der Waals surface area contributed by atoms with E-state index in [-0.39, 0.29) is 17.5 Å². The van der Waals surface area contributed by atoms with Crippen molar-refractivity contribution in [2.24, 2.45) is 4.99 Å². The van der Waals surface area contributed by atoms with Gasteiger partial charge in [0.15, 0.2) is 0 Å². The maximum atomic E-state index is 14.0. The van der Waals surface area contributed by atoms with Crippen LogP contribution in [0.3, 0.4) is 0 Å². The van der Waals surface area contributed by atoms with E-state index in [0.29, 0.717) is 13.0 Å². The van der Waals surface area contributed by atoms with Gasteiger partial charge in [0.25, 0.3) is 0 Å². The SMILES string of the molecule is Fc1cccc(F)c1C1=NC(Cc2ccc(-c3ccccc3)cc2)CCO1. The van der Waals surface area contributed by atoms with Crippen LogP contribution in [0.25, 0.3) is 11.1 Å². The average Bonchev–Trinajstić information content (AvgIpc) is 2.69. The fourth-order valence-corrected chi connectivity index (χ4v) is 3.28. The molecule has 0 spiro atoms. The third kappa shape index (κ3) is 3.90. The minimum atomic E-state index is -0.651. The van der Waals surface area contributed by atoms with E-state index >= 15 is 0 Å². The Morgan fingerprint density at radius 3 is 2.19 bits per heavy atom. The van der Waals surface area contributed by atoms with Gasteiger partial charge in [-0.25, -0.2) is 13.8 Å². The van der Waals surface area contributed by atoms with Crippen LogP contribution in [0.15, 0.2) is 77.8 Å². The van der Waals surface area contributed by atoms with Gasteiger partial charge in [0.1, 0.15) is 17.2 Å². The quantitative estimate of drug-likeness (QED) is 0.607. The van der Waals surface area contributed by atoms with Crippen molar-refractivity contribution in [1.29, 1.82) is 0 Å². The molecule has 0 bridgehead atoms. The van der Waals surface area contributed by atoms with Crippen molar-refractivity contribution in [2.45, 2.75) is 18.9 Å². The van der Waals surface area contributed by atoms with Crippen LogP contribution < -0.4 is 0 Å². The molecular weight excluding hydrogens is 344 g/mol. The van der Waals surface area contributed by atoms with Crippen molar-refractivity contribution in [3.05, 3.63) is 95.6 Å². The molecule has 1 atom stereocenters. The smallest absolute Gasteiger partial charge is 0.222 e. The predicted molar refractivity (Wildman–Crippen MR) is 103 cm³/mol. The Hall–Kier alpha value is -3.01. The first-order chi connectivity index (χ1) is 13.2. The first-order valence-corrected chi connectivity index (χ1v) is 9.00. The molecule has 2 nitrogen and oxygen atoms in total. The van der Waals surface area contributed by atoms with Gasteiger partial charge in [0.2, 0.25) is 5.90 Å². The van der Waals surface area contributed by atoms with E-state index < -0.39 is 11.6 Å². The van der Waals surface area contributed by atoms with Crippen molar-refractivity contribution < 1.29 is 13.5 Å². The standard InChI is InChI=1S/C23H19F2NO/c24-20-7-4-8-21(25)22(20)23-26-19(13-14-27-23)15-16-9-11-18(12-10-16)17-5-2-1-3-6-17/h1-12,19H,13-15H2. The minimum Gasteiger partial charge on any atom is -0.477 e. The Morgan fingerprint density at radius 2 is 1.48 bits per heavy atom. The molecule has 0 N–H and O–H groups in total. The molecule has 3 aromatic carbocycles. The molecule has 1 heterocycles. The Bertz CT molecular complexity index is 932. The van der Waals surface area contributed by atoms with Gasteiger partial charge in [-0.15, -0.1) is 0 Å². The van der Waals surface area contributed by atoms with Crippen molar-refractivity contribution in [2.75, 3.05) is 6.61 Å². The molecule has 0 radical (unpaired) electrons. The lowest BCUT2D eigenvalue weighted by molar-refractivity contribution is 0.258. The second-order valence-electron chi connectivity index (χ2n) is 6.59. The van der Waals surface area contributed by atoms with E-state index in [4.69, 9.17) is 4.74 Å². The van der Waals surface area contributed by atoms with E-state index in [1.807, 2.05) is 18.2 Å². The van der Waals surface area contributed by atoms with Gasteiger partial charge in [0, 0.05) is 6.42 Å². The van der Waals surface area contributed by atoms with Crippen LogP contribution in [0.1, 0.15) is 17.5 Å². The van der Waals surface area contributed by atoms with Crippen LogP contribution in [0.4, 0.5) is 8.78 Å². The summed E-state index contributed by atoms with van der Waals surface area (Å²) in [6, 6.07) is 22.2. The predicted octanol–water partition coefficient (Wildman–Crippen LogP) is 5.41. The number of hydrogen-bond acceptors (Lipinski definition) is 2. The number of hydrogen-bond donors (Lipinski definition) is 0. The summed E-state index contributed by atoms with van der Waals surface area (Å²) >= 11 is 0. The van der Waals surface area contributed by atoms with Crippen LogP contribution in [0, 0.1) is 11.6 Å². The van der Waals surface area contributed by atoms with Gasteiger partial charge >= 0.3 is 0 Å². The Morgan fingerprint density at radius 1 is 0.815 bits per heavy atom. The maximum absolute atomic E-state index is 14.0. The lowest BCUT2D eigenvalue weighted by atomic mass is 9.99. The van der Waals surface area contributed by atoms with Gasteiger partial charge in [-0.1, -0.05) is 60.7 Å². The molecule has 3 aromatic rings. The summed E-state index contributed by atoms with van der Waals surface area (Å²) in [6.07, 6.45) is 1.43. The van der Waals surface area contributed by atoms with Crippen molar-refractivity contribution in [3.63, 3.8) is 0 Å². The van der Waals surface area contributed by atoms with Crippen molar-refractivity contribution in [3.8, 4) is 11.1 Å². The second-order valence-corrected chi connectivity index (χ2v) is 6.59. The normalized spacial score (nSPS) is 16.5. The number of benzene rings is 3. The second kappa shape index (κ2) is 7.70. The first kappa shape index (κ1) is 17.4. The molecular formula is C23H19F2NO. The van der Waals surface area contributed by atoms with Gasteiger partial charge < -0.3 is 4.74 Å². The number of aliphatic imine (C=N–C) groups is 1. The molecule has 0 amide bonds. The minimum absolute atomic E-state index is 0.0581. The van der Waals surface area contributed by atoms with Crippen LogP contribution in [-0.4, -0.2) is 18.5 Å². The van der Waals surface area contributed by atoms with Crippen LogP contribution in [-0.2, 0) is 11.2 Å². The molecule has 1 unspecified atom stereocenters. The Kier molecular flexibility index (Phi) is 4.97. The molecule has 27 heavy (non-hydrogen) atoms. The summed E-state index contributed by atoms with van der Waals surface area (Å²) in [5.74, 6) is -1.24. The van der Waals surface area contributed by atoms with E-state index in [9.17, 15) is 8.78 Å². The van der Waals surface area contributed by atoms with Crippen LogP contribution >= 0.6 is 0 Å². The summed E-state index contributed by atoms with van der Waals surface area (Å²) < 4.78 is 33.4. The topological polar surface area (TPSA) is 21.6 Å². The van der Waals surface area contributed by atoms with E-state index in [0.717, 1.165) is 17.5 Å². The average molecular weight is 363 g/mol. The fourth-order valence-electron chi connectivity index (χ4n) is 3.28. The van der Waals surface area contributed by atoms with E-state index in [1.165, 1.54) is 23.8 Å². The third-order valence-corrected chi connectivity index (χ3v) is 4.70. The highest BCUT2D eigenvalue weighted by molar-refractivity contribution is 5.95. The largest absolute Gasteiger partial charge is 0.477 e. The zero-order valence-corrected chi connectivity index (χ0v) is 14.7. The van der Waals surface area contributed by atoms with Crippen molar-refractivity contribution in [1.82, 2.24) is 0 Å². The summed E-state index contributed by atoms with van der Waals surface area (Å²) in [5.41, 5.74) is 3.29. The lowest BCUT2D eigenvalue weighted by Crippen LogP contribution is -2.25. The number of rotatable bonds is 4. The molecule has 136 valence electrons. The molecule has 0 fully saturated rings. The Balaban J connectivity index is 1.52. The maximum Gasteiger partial charge on any atom is 0.222 e.